The minimum Gasteiger partial charge on any atom is -0.372 e. The van der Waals surface area contributed by atoms with Gasteiger partial charge in [0.05, 0.1) is 29.4 Å². The third-order valence-electron chi connectivity index (χ3n) is 8.58. The van der Waals surface area contributed by atoms with Crippen LogP contribution in [0.5, 0.6) is 0 Å². The highest BCUT2D eigenvalue weighted by Crippen LogP contribution is 2.44. The monoisotopic (exact) mass is 581 g/mol. The molecule has 7 rings (SSSR count). The van der Waals surface area contributed by atoms with Gasteiger partial charge in [-0.15, -0.1) is 11.3 Å². The van der Waals surface area contributed by atoms with Gasteiger partial charge in [-0.25, -0.2) is 4.98 Å². The number of rotatable bonds is 6. The van der Waals surface area contributed by atoms with E-state index in [2.05, 4.69) is 10.6 Å². The zero-order valence-electron chi connectivity index (χ0n) is 23.0. The molecule has 0 saturated carbocycles. The summed E-state index contributed by atoms with van der Waals surface area (Å²) >= 11 is 1.63. The van der Waals surface area contributed by atoms with E-state index >= 15 is 0 Å². The molecule has 0 spiro atoms. The Balaban J connectivity index is 1.05. The van der Waals surface area contributed by atoms with Gasteiger partial charge in [-0.2, -0.15) is 0 Å². The van der Waals surface area contributed by atoms with E-state index in [-0.39, 0.29) is 24.1 Å². The van der Waals surface area contributed by atoms with E-state index in [1.54, 1.807) is 16.2 Å². The van der Waals surface area contributed by atoms with Gasteiger partial charge in [0.1, 0.15) is 11.2 Å². The van der Waals surface area contributed by atoms with E-state index in [1.807, 2.05) is 71.8 Å². The van der Waals surface area contributed by atoms with Crippen molar-refractivity contribution in [2.75, 3.05) is 23.3 Å². The van der Waals surface area contributed by atoms with Crippen molar-refractivity contribution in [3.63, 3.8) is 0 Å². The Morgan fingerprint density at radius 1 is 1.02 bits per heavy atom. The van der Waals surface area contributed by atoms with Crippen LogP contribution < -0.4 is 15.5 Å². The van der Waals surface area contributed by atoms with Crippen molar-refractivity contribution in [1.29, 1.82) is 0 Å². The standard InChI is InChI=1S/C32H31N5O4S/c38-26-12-11-25(30(40)35-26)37-24-10-9-23(21-7-4-8-22(29(21)24)32(37)41)34-27-18-33-31(42-27)20-13-15-36(16-14-20)28(39)17-19-5-2-1-3-6-19/h1-10,18,20,25,30,34,40H,11-17H2,(H,35,38). The molecular formula is C32H31N5O4S. The smallest absolute Gasteiger partial charge is 0.259 e. The molecule has 10 heteroatoms. The average molecular weight is 582 g/mol. The molecule has 9 nitrogen and oxygen atoms in total. The van der Waals surface area contributed by atoms with Crippen LogP contribution in [-0.2, 0) is 16.0 Å². The number of nitrogens with zero attached hydrogens (tertiary/aromatic N) is 3. The van der Waals surface area contributed by atoms with E-state index < -0.39 is 12.3 Å². The van der Waals surface area contributed by atoms with E-state index in [1.165, 1.54) is 0 Å². The number of anilines is 3. The molecule has 2 saturated heterocycles. The van der Waals surface area contributed by atoms with Crippen LogP contribution in [0.25, 0.3) is 10.8 Å². The number of hydrogen-bond acceptors (Lipinski definition) is 7. The zero-order chi connectivity index (χ0) is 28.8. The van der Waals surface area contributed by atoms with Crippen LogP contribution in [0.4, 0.5) is 16.4 Å². The number of likely N-dealkylation sites (tertiary alicyclic amines) is 1. The van der Waals surface area contributed by atoms with Gasteiger partial charge < -0.3 is 25.5 Å². The second-order valence-corrected chi connectivity index (χ2v) is 12.2. The molecule has 4 heterocycles. The van der Waals surface area contributed by atoms with Crippen molar-refractivity contribution in [2.45, 2.75) is 50.3 Å². The maximum atomic E-state index is 13.5. The first-order valence-electron chi connectivity index (χ1n) is 14.4. The van der Waals surface area contributed by atoms with Crippen molar-refractivity contribution in [1.82, 2.24) is 15.2 Å². The van der Waals surface area contributed by atoms with Crippen LogP contribution in [0.15, 0.2) is 66.9 Å². The SMILES string of the molecule is O=C1CCC(N2C(=O)c3cccc4c(Nc5cnc(C6CCN(C(=O)Cc7ccccc7)CC6)s5)ccc2c34)C(O)N1. The molecule has 3 aromatic carbocycles. The number of aliphatic hydroxyl groups excluding tert-OH is 1. The molecule has 4 aromatic rings. The largest absolute Gasteiger partial charge is 0.372 e. The summed E-state index contributed by atoms with van der Waals surface area (Å²) in [7, 11) is 0. The minimum atomic E-state index is -1.11. The lowest BCUT2D eigenvalue weighted by molar-refractivity contribution is -0.131. The van der Waals surface area contributed by atoms with E-state index in [0.717, 1.165) is 63.7 Å². The number of carbonyl (C=O) groups excluding carboxylic acids is 3. The number of benzene rings is 3. The summed E-state index contributed by atoms with van der Waals surface area (Å²) < 4.78 is 0. The summed E-state index contributed by atoms with van der Waals surface area (Å²) in [4.78, 5) is 46.3. The number of nitrogens with one attached hydrogen (secondary N) is 2. The molecule has 3 aliphatic heterocycles. The Morgan fingerprint density at radius 3 is 2.62 bits per heavy atom. The quantitative estimate of drug-likeness (QED) is 0.308. The number of hydrogen-bond donors (Lipinski definition) is 3. The lowest BCUT2D eigenvalue weighted by Crippen LogP contribution is -2.56. The predicted molar refractivity (Wildman–Crippen MR) is 162 cm³/mol. The second-order valence-electron chi connectivity index (χ2n) is 11.2. The highest BCUT2D eigenvalue weighted by Gasteiger charge is 2.40. The highest BCUT2D eigenvalue weighted by atomic mass is 32.1. The molecule has 0 bridgehead atoms. The minimum absolute atomic E-state index is 0.165. The van der Waals surface area contributed by atoms with Crippen LogP contribution in [-0.4, -0.2) is 58.1 Å². The fourth-order valence-electron chi connectivity index (χ4n) is 6.41. The number of aromatic nitrogens is 1. The van der Waals surface area contributed by atoms with Gasteiger partial charge in [0.25, 0.3) is 5.91 Å². The normalized spacial score (nSPS) is 20.7. The summed E-state index contributed by atoms with van der Waals surface area (Å²) in [5.41, 5.74) is 3.25. The van der Waals surface area contributed by atoms with E-state index in [9.17, 15) is 19.5 Å². The number of aliphatic hydroxyl groups is 1. The molecule has 3 aliphatic rings. The van der Waals surface area contributed by atoms with E-state index in [4.69, 9.17) is 4.98 Å². The van der Waals surface area contributed by atoms with Gasteiger partial charge in [0.15, 0.2) is 0 Å². The Hall–Kier alpha value is -4.28. The molecule has 3 N–H and O–H groups in total. The van der Waals surface area contributed by atoms with Crippen LogP contribution in [0.3, 0.4) is 0 Å². The highest BCUT2D eigenvalue weighted by molar-refractivity contribution is 7.15. The van der Waals surface area contributed by atoms with Crippen molar-refractivity contribution >= 4 is 56.2 Å². The first-order chi connectivity index (χ1) is 20.5. The molecule has 2 unspecified atom stereocenters. The molecule has 214 valence electrons. The van der Waals surface area contributed by atoms with Gasteiger partial charge >= 0.3 is 0 Å². The third kappa shape index (κ3) is 4.80. The fourth-order valence-corrected chi connectivity index (χ4v) is 7.41. The Bertz CT molecular complexity index is 1680. The topological polar surface area (TPSA) is 115 Å². The molecule has 42 heavy (non-hydrogen) atoms. The van der Waals surface area contributed by atoms with Crippen molar-refractivity contribution in [2.24, 2.45) is 0 Å². The van der Waals surface area contributed by atoms with Gasteiger partial charge in [-0.3, -0.25) is 14.4 Å². The van der Waals surface area contributed by atoms with Crippen molar-refractivity contribution in [3.05, 3.63) is 83.0 Å². The Kier molecular flexibility index (Phi) is 6.87. The molecule has 0 radical (unpaired) electrons. The number of amides is 3. The first kappa shape index (κ1) is 26.6. The summed E-state index contributed by atoms with van der Waals surface area (Å²) in [6.07, 6.45) is 3.63. The van der Waals surface area contributed by atoms with Crippen LogP contribution in [0.1, 0.15) is 52.5 Å². The number of piperidine rings is 2. The number of carbonyl (C=O) groups is 3. The van der Waals surface area contributed by atoms with E-state index in [0.29, 0.717) is 24.3 Å². The van der Waals surface area contributed by atoms with Crippen LogP contribution in [0, 0.1) is 0 Å². The second kappa shape index (κ2) is 10.8. The molecule has 2 atom stereocenters. The van der Waals surface area contributed by atoms with Gasteiger partial charge in [-0.1, -0.05) is 42.5 Å². The first-order valence-corrected chi connectivity index (χ1v) is 15.2. The molecule has 3 amide bonds. The summed E-state index contributed by atoms with van der Waals surface area (Å²) in [6.45, 7) is 1.47. The van der Waals surface area contributed by atoms with Crippen LogP contribution >= 0.6 is 11.3 Å². The van der Waals surface area contributed by atoms with Gasteiger partial charge in [0, 0.05) is 47.5 Å². The maximum Gasteiger partial charge on any atom is 0.259 e. The Morgan fingerprint density at radius 2 is 1.83 bits per heavy atom. The molecular weight excluding hydrogens is 550 g/mol. The molecule has 0 aliphatic carbocycles. The average Bonchev–Trinajstić information content (AvgIpc) is 3.58. The van der Waals surface area contributed by atoms with Crippen molar-refractivity contribution < 1.29 is 19.5 Å². The third-order valence-corrected chi connectivity index (χ3v) is 9.65. The predicted octanol–water partition coefficient (Wildman–Crippen LogP) is 4.55. The molecule has 1 aromatic heterocycles. The summed E-state index contributed by atoms with van der Waals surface area (Å²) in [6, 6.07) is 18.9. The van der Waals surface area contributed by atoms with Crippen molar-refractivity contribution in [3.8, 4) is 0 Å². The summed E-state index contributed by atoms with van der Waals surface area (Å²) in [5, 5.41) is 20.4. The zero-order valence-corrected chi connectivity index (χ0v) is 23.8. The fraction of sp³-hybridized carbons (Fsp3) is 0.312. The van der Waals surface area contributed by atoms with Crippen LogP contribution in [0.2, 0.25) is 0 Å². The van der Waals surface area contributed by atoms with Gasteiger partial charge in [-0.05, 0) is 43.0 Å². The lowest BCUT2D eigenvalue weighted by Gasteiger charge is -2.35. The Labute approximate surface area is 247 Å². The molecule has 2 fully saturated rings. The maximum absolute atomic E-state index is 13.5. The lowest BCUT2D eigenvalue weighted by atomic mass is 9.97. The van der Waals surface area contributed by atoms with Gasteiger partial charge in [0.2, 0.25) is 11.8 Å². The number of thiazole rings is 1. The summed E-state index contributed by atoms with van der Waals surface area (Å²) in [5.74, 6) is 0.112.